The zero-order valence-corrected chi connectivity index (χ0v) is 16.7. The molecule has 1 aromatic heterocycles. The van der Waals surface area contributed by atoms with Crippen molar-refractivity contribution >= 4 is 0 Å². The fraction of sp³-hybridized carbons (Fsp3) is 0.560. The van der Waals surface area contributed by atoms with Crippen molar-refractivity contribution in [2.75, 3.05) is 0 Å². The molecule has 0 radical (unpaired) electrons. The summed E-state index contributed by atoms with van der Waals surface area (Å²) in [4.78, 5) is 4.70. The average molecular weight is 350 g/mol. The second kappa shape index (κ2) is 9.90. The number of nitrogens with zero attached hydrogens (tertiary/aromatic N) is 1. The number of aromatic nitrogens is 1. The van der Waals surface area contributed by atoms with Gasteiger partial charge in [-0.3, -0.25) is 4.98 Å². The molecule has 0 N–H and O–H groups in total. The summed E-state index contributed by atoms with van der Waals surface area (Å²) in [7, 11) is 0. The molecule has 1 fully saturated rings. The lowest BCUT2D eigenvalue weighted by atomic mass is 9.77. The quantitative estimate of drug-likeness (QED) is 0.448. The van der Waals surface area contributed by atoms with Crippen LogP contribution in [0.5, 0.6) is 0 Å². The standard InChI is InChI=1S/C25H35N/c1-3-5-6-8-21-11-18-25(26-19-21)24-16-14-23(15-17-24)22-12-9-20(7-4-2)10-13-22/h11,14-20,22H,3-10,12-13H2,1-2H3. The number of benzene rings is 1. The summed E-state index contributed by atoms with van der Waals surface area (Å²) in [5.74, 6) is 1.75. The van der Waals surface area contributed by atoms with E-state index in [0.717, 1.165) is 24.0 Å². The molecule has 0 amide bonds. The molecule has 1 heterocycles. The highest BCUT2D eigenvalue weighted by atomic mass is 14.7. The van der Waals surface area contributed by atoms with Gasteiger partial charge in [0.1, 0.15) is 0 Å². The molecule has 1 saturated carbocycles. The average Bonchev–Trinajstić information content (AvgIpc) is 2.70. The van der Waals surface area contributed by atoms with Crippen LogP contribution in [0.2, 0.25) is 0 Å². The summed E-state index contributed by atoms with van der Waals surface area (Å²) in [6, 6.07) is 13.7. The van der Waals surface area contributed by atoms with Gasteiger partial charge in [-0.2, -0.15) is 0 Å². The van der Waals surface area contributed by atoms with E-state index in [0.29, 0.717) is 0 Å². The van der Waals surface area contributed by atoms with Crippen molar-refractivity contribution in [1.29, 1.82) is 0 Å². The summed E-state index contributed by atoms with van der Waals surface area (Å²) in [5.41, 5.74) is 5.23. The third-order valence-corrected chi connectivity index (χ3v) is 6.12. The minimum Gasteiger partial charge on any atom is -0.256 e. The number of aryl methyl sites for hydroxylation is 1. The highest BCUT2D eigenvalue weighted by molar-refractivity contribution is 5.59. The first-order valence-corrected chi connectivity index (χ1v) is 10.9. The second-order valence-electron chi connectivity index (χ2n) is 8.14. The van der Waals surface area contributed by atoms with E-state index in [4.69, 9.17) is 4.98 Å². The number of pyridine rings is 1. The van der Waals surface area contributed by atoms with Gasteiger partial charge < -0.3 is 0 Å². The first-order valence-electron chi connectivity index (χ1n) is 10.9. The number of hydrogen-bond donors (Lipinski definition) is 0. The van der Waals surface area contributed by atoms with Gasteiger partial charge in [0.05, 0.1) is 5.69 Å². The topological polar surface area (TPSA) is 12.9 Å². The van der Waals surface area contributed by atoms with E-state index in [2.05, 4.69) is 56.4 Å². The molecule has 1 aliphatic carbocycles. The van der Waals surface area contributed by atoms with Gasteiger partial charge in [-0.05, 0) is 67.6 Å². The monoisotopic (exact) mass is 349 g/mol. The SMILES string of the molecule is CCCCCc1ccc(-c2ccc(C3CCC(CCC)CC3)cc2)nc1. The van der Waals surface area contributed by atoms with Gasteiger partial charge in [0.2, 0.25) is 0 Å². The van der Waals surface area contributed by atoms with Crippen LogP contribution in [0, 0.1) is 5.92 Å². The smallest absolute Gasteiger partial charge is 0.0702 e. The van der Waals surface area contributed by atoms with Crippen LogP contribution in [-0.4, -0.2) is 4.98 Å². The highest BCUT2D eigenvalue weighted by Gasteiger charge is 2.21. The molecule has 26 heavy (non-hydrogen) atoms. The van der Waals surface area contributed by atoms with Crippen molar-refractivity contribution in [3.63, 3.8) is 0 Å². The van der Waals surface area contributed by atoms with Gasteiger partial charge in [-0.15, -0.1) is 0 Å². The van der Waals surface area contributed by atoms with Gasteiger partial charge >= 0.3 is 0 Å². The molecule has 0 atom stereocenters. The highest BCUT2D eigenvalue weighted by Crippen LogP contribution is 2.37. The van der Waals surface area contributed by atoms with Crippen LogP contribution in [0.25, 0.3) is 11.3 Å². The van der Waals surface area contributed by atoms with Crippen molar-refractivity contribution < 1.29 is 0 Å². The third kappa shape index (κ3) is 5.19. The van der Waals surface area contributed by atoms with Gasteiger partial charge in [-0.1, -0.05) is 69.9 Å². The molecule has 0 bridgehead atoms. The molecule has 3 rings (SSSR count). The Bertz CT molecular complexity index is 633. The summed E-state index contributed by atoms with van der Waals surface area (Å²) < 4.78 is 0. The molecule has 1 aromatic carbocycles. The molecule has 1 heteroatoms. The number of hydrogen-bond acceptors (Lipinski definition) is 1. The van der Waals surface area contributed by atoms with Crippen LogP contribution in [0.3, 0.4) is 0 Å². The van der Waals surface area contributed by atoms with Gasteiger partial charge in [0.15, 0.2) is 0 Å². The summed E-state index contributed by atoms with van der Waals surface area (Å²) in [6.07, 6.45) is 15.4. The van der Waals surface area contributed by atoms with Gasteiger partial charge in [-0.25, -0.2) is 0 Å². The molecule has 0 saturated heterocycles. The largest absolute Gasteiger partial charge is 0.256 e. The fourth-order valence-electron chi connectivity index (χ4n) is 4.44. The Labute approximate surface area is 160 Å². The molecule has 0 spiro atoms. The summed E-state index contributed by atoms with van der Waals surface area (Å²) in [6.45, 7) is 4.57. The predicted octanol–water partition coefficient (Wildman–Crippen LogP) is 7.56. The van der Waals surface area contributed by atoms with Crippen molar-refractivity contribution in [2.24, 2.45) is 5.92 Å². The first-order chi connectivity index (χ1) is 12.8. The molecular formula is C25H35N. The van der Waals surface area contributed by atoms with Crippen LogP contribution < -0.4 is 0 Å². The molecule has 0 unspecified atom stereocenters. The van der Waals surface area contributed by atoms with Crippen LogP contribution in [0.1, 0.15) is 88.7 Å². The zero-order chi connectivity index (χ0) is 18.2. The zero-order valence-electron chi connectivity index (χ0n) is 16.7. The predicted molar refractivity (Wildman–Crippen MR) is 113 cm³/mol. The minimum absolute atomic E-state index is 0.769. The Balaban J connectivity index is 1.57. The van der Waals surface area contributed by atoms with E-state index in [9.17, 15) is 0 Å². The number of rotatable bonds is 8. The van der Waals surface area contributed by atoms with E-state index < -0.39 is 0 Å². The Morgan fingerprint density at radius 2 is 1.62 bits per heavy atom. The van der Waals surface area contributed by atoms with Gasteiger partial charge in [0, 0.05) is 11.8 Å². The molecule has 0 aliphatic heterocycles. The maximum atomic E-state index is 4.70. The van der Waals surface area contributed by atoms with E-state index in [1.54, 1.807) is 0 Å². The molecular weight excluding hydrogens is 314 g/mol. The van der Waals surface area contributed by atoms with Crippen LogP contribution in [0.4, 0.5) is 0 Å². The summed E-state index contributed by atoms with van der Waals surface area (Å²) in [5, 5.41) is 0. The van der Waals surface area contributed by atoms with E-state index >= 15 is 0 Å². The maximum absolute atomic E-state index is 4.70. The van der Waals surface area contributed by atoms with E-state index in [-0.39, 0.29) is 0 Å². The van der Waals surface area contributed by atoms with Crippen LogP contribution >= 0.6 is 0 Å². The van der Waals surface area contributed by atoms with E-state index in [1.807, 2.05) is 0 Å². The van der Waals surface area contributed by atoms with Crippen molar-refractivity contribution in [3.05, 3.63) is 53.7 Å². The lowest BCUT2D eigenvalue weighted by molar-refractivity contribution is 0.308. The van der Waals surface area contributed by atoms with Crippen LogP contribution in [-0.2, 0) is 6.42 Å². The van der Waals surface area contributed by atoms with Crippen molar-refractivity contribution in [2.45, 2.75) is 84.0 Å². The van der Waals surface area contributed by atoms with Crippen LogP contribution in [0.15, 0.2) is 42.6 Å². The minimum atomic E-state index is 0.769. The lowest BCUT2D eigenvalue weighted by Gasteiger charge is -2.28. The van der Waals surface area contributed by atoms with Crippen molar-refractivity contribution in [1.82, 2.24) is 4.98 Å². The normalized spacial score (nSPS) is 20.2. The molecule has 1 nitrogen and oxygen atoms in total. The van der Waals surface area contributed by atoms with Gasteiger partial charge in [0.25, 0.3) is 0 Å². The second-order valence-corrected chi connectivity index (χ2v) is 8.14. The first kappa shape index (κ1) is 19.1. The Kier molecular flexibility index (Phi) is 7.29. The van der Waals surface area contributed by atoms with E-state index in [1.165, 1.54) is 74.5 Å². The fourth-order valence-corrected chi connectivity index (χ4v) is 4.44. The number of unbranched alkanes of at least 4 members (excludes halogenated alkanes) is 2. The Morgan fingerprint density at radius 3 is 2.23 bits per heavy atom. The Hall–Kier alpha value is -1.63. The molecule has 1 aliphatic rings. The Morgan fingerprint density at radius 1 is 0.846 bits per heavy atom. The lowest BCUT2D eigenvalue weighted by Crippen LogP contribution is -2.13. The third-order valence-electron chi connectivity index (χ3n) is 6.12. The molecule has 2 aromatic rings. The molecule has 140 valence electrons. The maximum Gasteiger partial charge on any atom is 0.0702 e. The summed E-state index contributed by atoms with van der Waals surface area (Å²) >= 11 is 0. The van der Waals surface area contributed by atoms with Crippen molar-refractivity contribution in [3.8, 4) is 11.3 Å².